The van der Waals surface area contributed by atoms with E-state index in [-0.39, 0.29) is 12.0 Å². The first-order valence-corrected chi connectivity index (χ1v) is 8.40. The Morgan fingerprint density at radius 3 is 2.87 bits per heavy atom. The Bertz CT molecular complexity index is 718. The molecule has 1 amide bonds. The third kappa shape index (κ3) is 2.78. The van der Waals surface area contributed by atoms with Crippen LogP contribution in [0, 0.1) is 12.8 Å². The van der Waals surface area contributed by atoms with E-state index in [0.717, 1.165) is 32.4 Å². The lowest BCUT2D eigenvalue weighted by atomic mass is 10.1. The maximum atomic E-state index is 12.9. The van der Waals surface area contributed by atoms with Crippen molar-refractivity contribution in [2.45, 2.75) is 44.7 Å². The summed E-state index contributed by atoms with van der Waals surface area (Å²) in [5.41, 5.74) is 2.36. The SMILES string of the molecule is Cc1cnn(C[C@@H]2CCCN2C(=O)[C@@H]2C[C@H]2c2cnn(C)c2)c1. The molecule has 0 spiro atoms. The van der Waals surface area contributed by atoms with Crippen molar-refractivity contribution >= 4 is 5.91 Å². The summed E-state index contributed by atoms with van der Waals surface area (Å²) in [6.07, 6.45) is 11.0. The number of carbonyl (C=O) groups is 1. The fourth-order valence-electron chi connectivity index (χ4n) is 3.78. The molecule has 23 heavy (non-hydrogen) atoms. The maximum absolute atomic E-state index is 12.9. The standard InChI is InChI=1S/C17H23N5O/c1-12-7-19-21(9-12)11-14-4-3-5-22(14)17(23)16-6-15(16)13-8-18-20(2)10-13/h7-10,14-16H,3-6,11H2,1-2H3/t14-,15-,16+/m0/s1. The van der Waals surface area contributed by atoms with Gasteiger partial charge in [0.1, 0.15) is 0 Å². The van der Waals surface area contributed by atoms with Gasteiger partial charge in [-0.15, -0.1) is 0 Å². The Hall–Kier alpha value is -2.11. The third-order valence-corrected chi connectivity index (χ3v) is 5.08. The van der Waals surface area contributed by atoms with E-state index in [1.54, 1.807) is 0 Å². The minimum absolute atomic E-state index is 0.152. The van der Waals surface area contributed by atoms with Crippen molar-refractivity contribution in [3.63, 3.8) is 0 Å². The third-order valence-electron chi connectivity index (χ3n) is 5.08. The molecule has 3 heterocycles. The van der Waals surface area contributed by atoms with Gasteiger partial charge in [0, 0.05) is 31.9 Å². The van der Waals surface area contributed by atoms with Gasteiger partial charge < -0.3 is 4.90 Å². The summed E-state index contributed by atoms with van der Waals surface area (Å²) < 4.78 is 3.78. The first kappa shape index (κ1) is 14.5. The Morgan fingerprint density at radius 2 is 2.17 bits per heavy atom. The van der Waals surface area contributed by atoms with Crippen LogP contribution >= 0.6 is 0 Å². The van der Waals surface area contributed by atoms with Gasteiger partial charge in [-0.1, -0.05) is 0 Å². The highest BCUT2D eigenvalue weighted by Gasteiger charge is 2.48. The van der Waals surface area contributed by atoms with Crippen molar-refractivity contribution in [2.24, 2.45) is 13.0 Å². The van der Waals surface area contributed by atoms with E-state index >= 15 is 0 Å². The Morgan fingerprint density at radius 1 is 1.30 bits per heavy atom. The van der Waals surface area contributed by atoms with Crippen LogP contribution in [0.2, 0.25) is 0 Å². The molecule has 6 heteroatoms. The van der Waals surface area contributed by atoms with Crippen molar-refractivity contribution in [1.82, 2.24) is 24.5 Å². The molecule has 6 nitrogen and oxygen atoms in total. The summed E-state index contributed by atoms with van der Waals surface area (Å²) in [7, 11) is 1.92. The van der Waals surface area contributed by atoms with Crippen LogP contribution in [0.1, 0.15) is 36.3 Å². The van der Waals surface area contributed by atoms with Crippen LogP contribution in [0.25, 0.3) is 0 Å². The highest BCUT2D eigenvalue weighted by Crippen LogP contribution is 2.49. The van der Waals surface area contributed by atoms with Gasteiger partial charge in [-0.05, 0) is 43.2 Å². The van der Waals surface area contributed by atoms with Gasteiger partial charge in [0.15, 0.2) is 0 Å². The number of hydrogen-bond acceptors (Lipinski definition) is 3. The first-order chi connectivity index (χ1) is 11.1. The normalized spacial score (nSPS) is 26.7. The Kier molecular flexibility index (Phi) is 3.47. The molecular weight excluding hydrogens is 290 g/mol. The van der Waals surface area contributed by atoms with E-state index in [9.17, 15) is 4.79 Å². The van der Waals surface area contributed by atoms with Gasteiger partial charge in [0.05, 0.1) is 25.0 Å². The van der Waals surface area contributed by atoms with Crippen LogP contribution in [-0.2, 0) is 18.4 Å². The second-order valence-electron chi connectivity index (χ2n) is 6.96. The molecule has 1 saturated heterocycles. The number of nitrogens with zero attached hydrogens (tertiary/aromatic N) is 5. The molecule has 3 atom stereocenters. The quantitative estimate of drug-likeness (QED) is 0.863. The highest BCUT2D eigenvalue weighted by atomic mass is 16.2. The zero-order valence-electron chi connectivity index (χ0n) is 13.7. The summed E-state index contributed by atoms with van der Waals surface area (Å²) >= 11 is 0. The number of amides is 1. The van der Waals surface area contributed by atoms with Crippen molar-refractivity contribution in [1.29, 1.82) is 0 Å². The molecule has 1 aliphatic heterocycles. The second-order valence-corrected chi connectivity index (χ2v) is 6.96. The second kappa shape index (κ2) is 5.51. The molecule has 1 saturated carbocycles. The zero-order valence-corrected chi connectivity index (χ0v) is 13.7. The van der Waals surface area contributed by atoms with Gasteiger partial charge in [-0.25, -0.2) is 0 Å². The zero-order chi connectivity index (χ0) is 16.0. The summed E-state index contributed by atoms with van der Waals surface area (Å²) in [5, 5.41) is 8.59. The van der Waals surface area contributed by atoms with Crippen LogP contribution in [0.15, 0.2) is 24.8 Å². The largest absolute Gasteiger partial charge is 0.338 e. The minimum Gasteiger partial charge on any atom is -0.338 e. The van der Waals surface area contributed by atoms with Crippen LogP contribution in [0.5, 0.6) is 0 Å². The minimum atomic E-state index is 0.152. The van der Waals surface area contributed by atoms with E-state index in [1.807, 2.05) is 41.9 Å². The molecular formula is C17H23N5O. The van der Waals surface area contributed by atoms with Crippen LogP contribution in [0.4, 0.5) is 0 Å². The highest BCUT2D eigenvalue weighted by molar-refractivity contribution is 5.83. The van der Waals surface area contributed by atoms with Gasteiger partial charge in [0.25, 0.3) is 0 Å². The van der Waals surface area contributed by atoms with E-state index in [1.165, 1.54) is 11.1 Å². The smallest absolute Gasteiger partial charge is 0.226 e. The Labute approximate surface area is 136 Å². The number of hydrogen-bond donors (Lipinski definition) is 0. The predicted molar refractivity (Wildman–Crippen MR) is 85.8 cm³/mol. The fraction of sp³-hybridized carbons (Fsp3) is 0.588. The molecule has 0 unspecified atom stereocenters. The average Bonchev–Trinajstić information content (AvgIpc) is 2.86. The number of aryl methyl sites for hydroxylation is 2. The summed E-state index contributed by atoms with van der Waals surface area (Å²) in [4.78, 5) is 15.0. The van der Waals surface area contributed by atoms with E-state index in [4.69, 9.17) is 0 Å². The number of aromatic nitrogens is 4. The summed E-state index contributed by atoms with van der Waals surface area (Å²) in [5.74, 6) is 0.841. The molecule has 0 bridgehead atoms. The van der Waals surface area contributed by atoms with Gasteiger partial charge in [-0.2, -0.15) is 10.2 Å². The van der Waals surface area contributed by atoms with Crippen molar-refractivity contribution in [3.8, 4) is 0 Å². The number of rotatable bonds is 4. The predicted octanol–water partition coefficient (Wildman–Crippen LogP) is 1.72. The topological polar surface area (TPSA) is 56.0 Å². The fourth-order valence-corrected chi connectivity index (χ4v) is 3.78. The maximum Gasteiger partial charge on any atom is 0.226 e. The summed E-state index contributed by atoms with van der Waals surface area (Å²) in [6.45, 7) is 3.74. The first-order valence-electron chi connectivity index (χ1n) is 8.40. The van der Waals surface area contributed by atoms with Crippen LogP contribution in [-0.4, -0.2) is 43.0 Å². The van der Waals surface area contributed by atoms with E-state index < -0.39 is 0 Å². The van der Waals surface area contributed by atoms with Gasteiger partial charge in [0.2, 0.25) is 5.91 Å². The van der Waals surface area contributed by atoms with Crippen LogP contribution in [0.3, 0.4) is 0 Å². The van der Waals surface area contributed by atoms with Crippen LogP contribution < -0.4 is 0 Å². The molecule has 4 rings (SSSR count). The lowest BCUT2D eigenvalue weighted by Gasteiger charge is -2.25. The van der Waals surface area contributed by atoms with Gasteiger partial charge >= 0.3 is 0 Å². The summed E-state index contributed by atoms with van der Waals surface area (Å²) in [6, 6.07) is 0.289. The Balaban J connectivity index is 1.41. The molecule has 2 aliphatic rings. The van der Waals surface area contributed by atoms with Crippen molar-refractivity contribution < 1.29 is 4.79 Å². The lowest BCUT2D eigenvalue weighted by Crippen LogP contribution is -2.39. The monoisotopic (exact) mass is 313 g/mol. The molecule has 0 aromatic carbocycles. The molecule has 2 fully saturated rings. The number of carbonyl (C=O) groups excluding carboxylic acids is 1. The van der Waals surface area contributed by atoms with Crippen molar-refractivity contribution in [2.75, 3.05) is 6.54 Å². The van der Waals surface area contributed by atoms with E-state index in [0.29, 0.717) is 11.8 Å². The van der Waals surface area contributed by atoms with Crippen molar-refractivity contribution in [3.05, 3.63) is 35.9 Å². The number of likely N-dealkylation sites (tertiary alicyclic amines) is 1. The van der Waals surface area contributed by atoms with Gasteiger partial charge in [-0.3, -0.25) is 14.2 Å². The van der Waals surface area contributed by atoms with E-state index in [2.05, 4.69) is 21.3 Å². The molecule has 0 radical (unpaired) electrons. The average molecular weight is 313 g/mol. The molecule has 0 N–H and O–H groups in total. The molecule has 2 aromatic rings. The molecule has 2 aromatic heterocycles. The lowest BCUT2D eigenvalue weighted by molar-refractivity contribution is -0.133. The molecule has 122 valence electrons. The molecule has 1 aliphatic carbocycles.